The second kappa shape index (κ2) is 11.8. The van der Waals surface area contributed by atoms with Crippen molar-refractivity contribution in [2.75, 3.05) is 26.4 Å². The van der Waals surface area contributed by atoms with E-state index in [0.29, 0.717) is 58.5 Å². The largest absolute Gasteiger partial charge is 0.493 e. The van der Waals surface area contributed by atoms with E-state index < -0.39 is 0 Å². The van der Waals surface area contributed by atoms with E-state index in [-0.39, 0.29) is 5.91 Å². The molecule has 8 heteroatoms. The minimum absolute atomic E-state index is 0.0919. The van der Waals surface area contributed by atoms with Gasteiger partial charge in [0, 0.05) is 13.0 Å². The van der Waals surface area contributed by atoms with Crippen LogP contribution in [0.2, 0.25) is 5.02 Å². The van der Waals surface area contributed by atoms with Gasteiger partial charge in [-0.2, -0.15) is 0 Å². The summed E-state index contributed by atoms with van der Waals surface area (Å²) in [6.07, 6.45) is 2.47. The Balaban J connectivity index is 1.66. The molecule has 1 aliphatic heterocycles. The average Bonchev–Trinajstić information content (AvgIpc) is 3.04. The number of hydrogen-bond donors (Lipinski definition) is 0. The van der Waals surface area contributed by atoms with Gasteiger partial charge in [-0.05, 0) is 68.7 Å². The van der Waals surface area contributed by atoms with E-state index in [9.17, 15) is 4.79 Å². The fourth-order valence-corrected chi connectivity index (χ4v) is 4.95. The molecule has 1 heterocycles. The molecule has 0 spiro atoms. The van der Waals surface area contributed by atoms with Crippen LogP contribution in [0.5, 0.6) is 17.2 Å². The van der Waals surface area contributed by atoms with Crippen molar-refractivity contribution < 1.29 is 19.0 Å². The van der Waals surface area contributed by atoms with Gasteiger partial charge in [0.25, 0.3) is 5.91 Å². The first-order valence-electron chi connectivity index (χ1n) is 10.9. The molecule has 33 heavy (non-hydrogen) atoms. The molecule has 0 unspecified atom stereocenters. The number of thiocarbonyl (C=S) groups is 1. The Morgan fingerprint density at radius 3 is 2.55 bits per heavy atom. The zero-order valence-electron chi connectivity index (χ0n) is 19.3. The standard InChI is InChI=1S/C25H28ClNO4S2/c1-5-27-24(28)22(33-25(27)32)15-18-13-19(26)23(21(14-18)29-6-2)31-12-8-11-30-20-10-7-9-16(3)17(20)4/h7,9-10,13-15H,5-6,8,11-12H2,1-4H3/b22-15+. The number of nitrogens with zero attached hydrogens (tertiary/aromatic N) is 1. The lowest BCUT2D eigenvalue weighted by Gasteiger charge is -2.15. The molecular weight excluding hydrogens is 478 g/mol. The summed E-state index contributed by atoms with van der Waals surface area (Å²) in [6, 6.07) is 9.63. The molecule has 0 saturated carbocycles. The Labute approximate surface area is 210 Å². The van der Waals surface area contributed by atoms with E-state index >= 15 is 0 Å². The predicted molar refractivity (Wildman–Crippen MR) is 140 cm³/mol. The fraction of sp³-hybridized carbons (Fsp3) is 0.360. The quantitative estimate of drug-likeness (QED) is 0.211. The van der Waals surface area contributed by atoms with Crippen LogP contribution in [0.3, 0.4) is 0 Å². The van der Waals surface area contributed by atoms with Crippen molar-refractivity contribution in [1.82, 2.24) is 4.90 Å². The van der Waals surface area contributed by atoms with Gasteiger partial charge >= 0.3 is 0 Å². The van der Waals surface area contributed by atoms with E-state index in [1.807, 2.05) is 32.0 Å². The molecule has 1 fully saturated rings. The Morgan fingerprint density at radius 1 is 1.09 bits per heavy atom. The van der Waals surface area contributed by atoms with Crippen molar-refractivity contribution in [2.45, 2.75) is 34.1 Å². The number of aryl methyl sites for hydroxylation is 1. The Kier molecular flexibility index (Phi) is 9.06. The van der Waals surface area contributed by atoms with Crippen molar-refractivity contribution in [1.29, 1.82) is 0 Å². The number of hydrogen-bond acceptors (Lipinski definition) is 6. The highest BCUT2D eigenvalue weighted by Crippen LogP contribution is 2.39. The molecule has 0 N–H and O–H groups in total. The molecule has 0 aliphatic carbocycles. The lowest BCUT2D eigenvalue weighted by atomic mass is 10.1. The topological polar surface area (TPSA) is 48.0 Å². The van der Waals surface area contributed by atoms with Gasteiger partial charge < -0.3 is 14.2 Å². The maximum Gasteiger partial charge on any atom is 0.266 e. The van der Waals surface area contributed by atoms with Crippen molar-refractivity contribution in [3.63, 3.8) is 0 Å². The summed E-state index contributed by atoms with van der Waals surface area (Å²) < 4.78 is 18.2. The lowest BCUT2D eigenvalue weighted by Crippen LogP contribution is -2.27. The monoisotopic (exact) mass is 505 g/mol. The first kappa shape index (κ1) is 25.4. The van der Waals surface area contributed by atoms with Crippen LogP contribution in [0.25, 0.3) is 6.08 Å². The third-order valence-corrected chi connectivity index (χ3v) is 6.83. The van der Waals surface area contributed by atoms with Gasteiger partial charge in [-0.1, -0.05) is 47.7 Å². The van der Waals surface area contributed by atoms with Crippen LogP contribution < -0.4 is 14.2 Å². The number of carbonyl (C=O) groups excluding carboxylic acids is 1. The van der Waals surface area contributed by atoms with Gasteiger partial charge in [-0.15, -0.1) is 0 Å². The number of rotatable bonds is 10. The van der Waals surface area contributed by atoms with Crippen LogP contribution in [-0.4, -0.2) is 41.5 Å². The van der Waals surface area contributed by atoms with Crippen LogP contribution in [0.15, 0.2) is 35.2 Å². The first-order valence-corrected chi connectivity index (χ1v) is 12.5. The summed E-state index contributed by atoms with van der Waals surface area (Å²) in [7, 11) is 0. The molecule has 3 rings (SSSR count). The molecule has 0 aromatic heterocycles. The minimum Gasteiger partial charge on any atom is -0.493 e. The van der Waals surface area contributed by atoms with E-state index in [1.165, 1.54) is 17.3 Å². The summed E-state index contributed by atoms with van der Waals surface area (Å²) in [5.41, 5.74) is 3.10. The van der Waals surface area contributed by atoms with Crippen molar-refractivity contribution >= 4 is 51.9 Å². The molecule has 2 aromatic carbocycles. The Morgan fingerprint density at radius 2 is 1.85 bits per heavy atom. The maximum atomic E-state index is 12.5. The van der Waals surface area contributed by atoms with Crippen LogP contribution in [-0.2, 0) is 4.79 Å². The van der Waals surface area contributed by atoms with Crippen LogP contribution >= 0.6 is 35.6 Å². The Hall–Kier alpha value is -2.22. The molecule has 0 atom stereocenters. The highest BCUT2D eigenvalue weighted by Gasteiger charge is 2.30. The van der Waals surface area contributed by atoms with Crippen LogP contribution in [0.1, 0.15) is 37.0 Å². The lowest BCUT2D eigenvalue weighted by molar-refractivity contribution is -0.121. The molecule has 1 aliphatic rings. The third kappa shape index (κ3) is 6.22. The second-order valence-corrected chi connectivity index (χ2v) is 9.52. The number of benzene rings is 2. The molecule has 1 amide bonds. The van der Waals surface area contributed by atoms with Gasteiger partial charge in [0.05, 0.1) is 29.7 Å². The molecular formula is C25H28ClNO4S2. The summed E-state index contributed by atoms with van der Waals surface area (Å²) in [6.45, 7) is 9.89. The first-order chi connectivity index (χ1) is 15.8. The molecule has 0 radical (unpaired) electrons. The maximum absolute atomic E-state index is 12.5. The molecule has 176 valence electrons. The van der Waals surface area contributed by atoms with Gasteiger partial charge in [-0.25, -0.2) is 0 Å². The number of amides is 1. The smallest absolute Gasteiger partial charge is 0.266 e. The SMILES string of the molecule is CCOc1cc(/C=C2/SC(=S)N(CC)C2=O)cc(Cl)c1OCCCOc1cccc(C)c1C. The molecule has 0 bridgehead atoms. The number of halogens is 1. The third-order valence-electron chi connectivity index (χ3n) is 5.17. The van der Waals surface area contributed by atoms with Crippen LogP contribution in [0, 0.1) is 13.8 Å². The van der Waals surface area contributed by atoms with Crippen molar-refractivity contribution in [2.24, 2.45) is 0 Å². The van der Waals surface area contributed by atoms with Gasteiger partial charge in [-0.3, -0.25) is 9.69 Å². The number of ether oxygens (including phenoxy) is 3. The Bertz CT molecular complexity index is 1070. The van der Waals surface area contributed by atoms with Gasteiger partial charge in [0.2, 0.25) is 0 Å². The fourth-order valence-electron chi connectivity index (χ4n) is 3.29. The van der Waals surface area contributed by atoms with E-state index in [2.05, 4.69) is 19.9 Å². The minimum atomic E-state index is -0.0919. The average molecular weight is 506 g/mol. The highest BCUT2D eigenvalue weighted by atomic mass is 35.5. The van der Waals surface area contributed by atoms with E-state index in [1.54, 1.807) is 17.0 Å². The number of thioether (sulfide) groups is 1. The van der Waals surface area contributed by atoms with E-state index in [4.69, 9.17) is 38.0 Å². The molecule has 1 saturated heterocycles. The summed E-state index contributed by atoms with van der Waals surface area (Å²) in [5.74, 6) is 1.83. The number of carbonyl (C=O) groups is 1. The molecule has 5 nitrogen and oxygen atoms in total. The van der Waals surface area contributed by atoms with Gasteiger partial charge in [0.15, 0.2) is 11.5 Å². The predicted octanol–water partition coefficient (Wildman–Crippen LogP) is 6.42. The van der Waals surface area contributed by atoms with E-state index in [0.717, 1.165) is 16.9 Å². The number of likely N-dealkylation sites (N-methyl/N-ethyl adjacent to an activating group) is 1. The normalized spacial score (nSPS) is 14.8. The van der Waals surface area contributed by atoms with Crippen molar-refractivity contribution in [3.8, 4) is 17.2 Å². The molecule has 2 aromatic rings. The summed E-state index contributed by atoms with van der Waals surface area (Å²) >= 11 is 13.1. The second-order valence-electron chi connectivity index (χ2n) is 7.44. The zero-order valence-corrected chi connectivity index (χ0v) is 21.7. The van der Waals surface area contributed by atoms with Crippen molar-refractivity contribution in [3.05, 3.63) is 56.9 Å². The zero-order chi connectivity index (χ0) is 24.0. The summed E-state index contributed by atoms with van der Waals surface area (Å²) in [5, 5.41) is 0.425. The van der Waals surface area contributed by atoms with Crippen LogP contribution in [0.4, 0.5) is 0 Å². The highest BCUT2D eigenvalue weighted by molar-refractivity contribution is 8.26. The van der Waals surface area contributed by atoms with Gasteiger partial charge in [0.1, 0.15) is 10.1 Å². The summed E-state index contributed by atoms with van der Waals surface area (Å²) in [4.78, 5) is 14.7.